The molecule has 0 spiro atoms. The van der Waals surface area contributed by atoms with Gasteiger partial charge in [0.25, 0.3) is 0 Å². The minimum absolute atomic E-state index is 0.0511. The van der Waals surface area contributed by atoms with E-state index in [9.17, 15) is 9.90 Å². The Balaban J connectivity index is 2.21. The van der Waals surface area contributed by atoms with Crippen molar-refractivity contribution < 1.29 is 19.1 Å². The van der Waals surface area contributed by atoms with Crippen molar-refractivity contribution in [3.8, 4) is 0 Å². The highest BCUT2D eigenvalue weighted by Crippen LogP contribution is 2.23. The number of aromatic nitrogens is 1. The third-order valence-corrected chi connectivity index (χ3v) is 3.79. The van der Waals surface area contributed by atoms with Crippen molar-refractivity contribution in [2.75, 3.05) is 0 Å². The lowest BCUT2D eigenvalue weighted by Gasteiger charge is -2.19. The fourth-order valence-electron chi connectivity index (χ4n) is 2.22. The largest absolute Gasteiger partial charge is 0.463 e. The number of aliphatic hydroxyl groups is 1. The predicted molar refractivity (Wildman–Crippen MR) is 80.0 cm³/mol. The van der Waals surface area contributed by atoms with Gasteiger partial charge in [-0.05, 0) is 12.8 Å². The first-order valence-electron chi connectivity index (χ1n) is 7.48. The van der Waals surface area contributed by atoms with Crippen LogP contribution in [0.5, 0.6) is 0 Å². The molecule has 0 aromatic carbocycles. The van der Waals surface area contributed by atoms with Crippen molar-refractivity contribution in [2.45, 2.75) is 53.1 Å². The van der Waals surface area contributed by atoms with Crippen molar-refractivity contribution in [3.05, 3.63) is 24.1 Å². The second kappa shape index (κ2) is 6.91. The molecule has 5 heteroatoms. The number of nitrogens with zero attached hydrogens (tertiary/aromatic N) is 1. The average Bonchev–Trinajstić information content (AvgIpc) is 3.05. The first kappa shape index (κ1) is 15.8. The molecule has 2 atom stereocenters. The van der Waals surface area contributed by atoms with Crippen LogP contribution in [0.15, 0.2) is 22.8 Å². The van der Waals surface area contributed by atoms with Crippen LogP contribution in [0.1, 0.15) is 50.5 Å². The summed E-state index contributed by atoms with van der Waals surface area (Å²) in [5, 5.41) is 9.93. The van der Waals surface area contributed by atoms with Crippen LogP contribution in [0.4, 0.5) is 0 Å². The van der Waals surface area contributed by atoms with Gasteiger partial charge in [-0.25, -0.2) is 0 Å². The average molecular weight is 293 g/mol. The maximum Gasteiger partial charge on any atom is 0.179 e. The van der Waals surface area contributed by atoms with Crippen LogP contribution >= 0.6 is 0 Å². The van der Waals surface area contributed by atoms with Crippen LogP contribution in [0.3, 0.4) is 0 Å². The zero-order valence-corrected chi connectivity index (χ0v) is 12.8. The van der Waals surface area contributed by atoms with E-state index < -0.39 is 6.29 Å². The second-order valence-corrected chi connectivity index (χ2v) is 5.37. The maximum atomic E-state index is 12.2. The molecule has 0 radical (unpaired) electrons. The van der Waals surface area contributed by atoms with Crippen molar-refractivity contribution >= 4 is 16.9 Å². The van der Waals surface area contributed by atoms with Crippen molar-refractivity contribution in [3.63, 3.8) is 0 Å². The summed E-state index contributed by atoms with van der Waals surface area (Å²) >= 11 is 0. The highest BCUT2D eigenvalue weighted by atomic mass is 16.6. The lowest BCUT2D eigenvalue weighted by molar-refractivity contribution is -0.153. The van der Waals surface area contributed by atoms with Gasteiger partial charge < -0.3 is 18.8 Å². The van der Waals surface area contributed by atoms with E-state index in [0.29, 0.717) is 17.7 Å². The first-order chi connectivity index (χ1) is 10.1. The summed E-state index contributed by atoms with van der Waals surface area (Å²) in [5.41, 5.74) is 2.05. The summed E-state index contributed by atoms with van der Waals surface area (Å²) in [6.45, 7) is 6.03. The van der Waals surface area contributed by atoms with Crippen molar-refractivity contribution in [1.82, 2.24) is 4.57 Å². The third-order valence-electron chi connectivity index (χ3n) is 3.79. The number of ketones is 1. The normalized spacial score (nSPS) is 14.5. The van der Waals surface area contributed by atoms with Gasteiger partial charge in [0.1, 0.15) is 6.73 Å². The van der Waals surface area contributed by atoms with E-state index in [1.54, 1.807) is 23.0 Å². The van der Waals surface area contributed by atoms with E-state index >= 15 is 0 Å². The number of furan rings is 1. The zero-order chi connectivity index (χ0) is 15.4. The lowest BCUT2D eigenvalue weighted by Crippen LogP contribution is -2.23. The van der Waals surface area contributed by atoms with Gasteiger partial charge in [-0.1, -0.05) is 20.8 Å². The first-order valence-corrected chi connectivity index (χ1v) is 7.48. The quantitative estimate of drug-likeness (QED) is 0.597. The molecule has 0 fully saturated rings. The van der Waals surface area contributed by atoms with E-state index in [0.717, 1.165) is 18.4 Å². The predicted octanol–water partition coefficient (Wildman–Crippen LogP) is 3.56. The van der Waals surface area contributed by atoms with Crippen LogP contribution in [0.2, 0.25) is 0 Å². The number of hydrogen-bond donors (Lipinski definition) is 1. The van der Waals surface area contributed by atoms with E-state index in [1.807, 2.05) is 20.8 Å². The van der Waals surface area contributed by atoms with E-state index in [1.165, 1.54) is 0 Å². The van der Waals surface area contributed by atoms with Gasteiger partial charge in [0, 0.05) is 24.5 Å². The van der Waals surface area contributed by atoms with Gasteiger partial charge >= 0.3 is 0 Å². The molecular formula is C16H23NO4. The molecule has 2 aromatic heterocycles. The molecule has 2 unspecified atom stereocenters. The minimum Gasteiger partial charge on any atom is -0.463 e. The Labute approximate surface area is 124 Å². The van der Waals surface area contributed by atoms with Gasteiger partial charge in [-0.3, -0.25) is 4.79 Å². The van der Waals surface area contributed by atoms with Crippen LogP contribution in [-0.4, -0.2) is 21.7 Å². The molecule has 0 aliphatic heterocycles. The molecule has 1 N–H and O–H groups in total. The molecule has 116 valence electrons. The van der Waals surface area contributed by atoms with Gasteiger partial charge in [-0.2, -0.15) is 0 Å². The van der Waals surface area contributed by atoms with Gasteiger partial charge in [0.15, 0.2) is 17.7 Å². The van der Waals surface area contributed by atoms with E-state index in [2.05, 4.69) is 0 Å². The molecule has 5 nitrogen and oxygen atoms in total. The molecule has 2 heterocycles. The van der Waals surface area contributed by atoms with Gasteiger partial charge in [0.2, 0.25) is 0 Å². The Morgan fingerprint density at radius 1 is 1.48 bits per heavy atom. The summed E-state index contributed by atoms with van der Waals surface area (Å²) in [6.07, 6.45) is 2.85. The van der Waals surface area contributed by atoms with Crippen molar-refractivity contribution in [1.29, 1.82) is 0 Å². The second-order valence-electron chi connectivity index (χ2n) is 5.37. The molecule has 2 rings (SSSR count). The lowest BCUT2D eigenvalue weighted by atomic mass is 10.1. The Hall–Kier alpha value is -1.59. The number of Topliss-reactive ketones (excluding diaryl/α,β-unsaturated/α-hetero) is 1. The highest BCUT2D eigenvalue weighted by molar-refractivity contribution is 5.98. The topological polar surface area (TPSA) is 64.6 Å². The molecule has 0 saturated carbocycles. The smallest absolute Gasteiger partial charge is 0.179 e. The molecular weight excluding hydrogens is 270 g/mol. The summed E-state index contributed by atoms with van der Waals surface area (Å²) < 4.78 is 12.6. The number of rotatable bonds is 8. The molecule has 0 amide bonds. The Kier molecular flexibility index (Phi) is 5.20. The summed E-state index contributed by atoms with van der Waals surface area (Å²) in [5.74, 6) is 0.112. The summed E-state index contributed by atoms with van der Waals surface area (Å²) in [4.78, 5) is 12.2. The Morgan fingerprint density at radius 2 is 2.24 bits per heavy atom. The number of carbonyl (C=O) groups is 1. The number of carbonyl (C=O) groups excluding carboxylic acids is 1. The van der Waals surface area contributed by atoms with Crippen LogP contribution in [0.25, 0.3) is 11.1 Å². The molecule has 0 saturated heterocycles. The zero-order valence-electron chi connectivity index (χ0n) is 12.8. The number of fused-ring (bicyclic) bond motifs is 1. The third kappa shape index (κ3) is 3.36. The fourth-order valence-corrected chi connectivity index (χ4v) is 2.22. The summed E-state index contributed by atoms with van der Waals surface area (Å²) in [6, 6.07) is 3.55. The highest BCUT2D eigenvalue weighted by Gasteiger charge is 2.19. The number of aliphatic hydroxyl groups excluding tert-OH is 1. The standard InChI is InChI=1S/C16H23NO4/c1-4-6-14(18)13-9-15-12(7-8-20-15)17(13)10-21-16(19)11(3)5-2/h7-9,11,16,19H,4-6,10H2,1-3H3. The molecule has 21 heavy (non-hydrogen) atoms. The van der Waals surface area contributed by atoms with Crippen LogP contribution < -0.4 is 0 Å². The number of ether oxygens (including phenoxy) is 1. The van der Waals surface area contributed by atoms with Gasteiger partial charge in [0.05, 0.1) is 17.5 Å². The SMILES string of the molecule is CCCC(=O)c1cc2occc2n1COC(O)C(C)CC. The van der Waals surface area contributed by atoms with Crippen molar-refractivity contribution in [2.24, 2.45) is 5.92 Å². The number of hydrogen-bond acceptors (Lipinski definition) is 4. The van der Waals surface area contributed by atoms with E-state index in [-0.39, 0.29) is 18.4 Å². The fraction of sp³-hybridized carbons (Fsp3) is 0.562. The molecule has 0 bridgehead atoms. The van der Waals surface area contributed by atoms with Crippen LogP contribution in [0, 0.1) is 5.92 Å². The Morgan fingerprint density at radius 3 is 2.90 bits per heavy atom. The monoisotopic (exact) mass is 293 g/mol. The van der Waals surface area contributed by atoms with Gasteiger partial charge in [-0.15, -0.1) is 0 Å². The molecule has 0 aliphatic carbocycles. The maximum absolute atomic E-state index is 12.2. The van der Waals surface area contributed by atoms with E-state index in [4.69, 9.17) is 9.15 Å². The summed E-state index contributed by atoms with van der Waals surface area (Å²) in [7, 11) is 0. The molecule has 2 aromatic rings. The minimum atomic E-state index is -0.839. The molecule has 0 aliphatic rings. The Bertz CT molecular complexity index is 598. The van der Waals surface area contributed by atoms with Crippen LogP contribution in [-0.2, 0) is 11.5 Å².